The maximum Gasteiger partial charge on any atom is 0.220 e. The maximum atomic E-state index is 11.6. The summed E-state index contributed by atoms with van der Waals surface area (Å²) in [6, 6.07) is -0.627. The second-order valence-electron chi connectivity index (χ2n) is 7.69. The fourth-order valence-corrected chi connectivity index (χ4v) is 3.12. The molecule has 4 nitrogen and oxygen atoms in total. The van der Waals surface area contributed by atoms with Gasteiger partial charge in [0.2, 0.25) is 5.91 Å². The van der Waals surface area contributed by atoms with E-state index in [1.165, 1.54) is 57.8 Å². The van der Waals surface area contributed by atoms with E-state index < -0.39 is 12.1 Å². The van der Waals surface area contributed by atoms with Gasteiger partial charge >= 0.3 is 0 Å². The van der Waals surface area contributed by atoms with Gasteiger partial charge in [0.25, 0.3) is 0 Å². The molecule has 0 aliphatic heterocycles. The highest BCUT2D eigenvalue weighted by Gasteiger charge is 2.17. The van der Waals surface area contributed by atoms with E-state index in [4.69, 9.17) is 0 Å². The maximum absolute atomic E-state index is 11.6. The Bertz CT molecular complexity index is 407. The van der Waals surface area contributed by atoms with Crippen molar-refractivity contribution in [2.75, 3.05) is 6.61 Å². The second-order valence-corrected chi connectivity index (χ2v) is 7.69. The molecule has 0 rings (SSSR count). The van der Waals surface area contributed by atoms with Crippen molar-refractivity contribution in [3.63, 3.8) is 0 Å². The van der Waals surface area contributed by atoms with Crippen LogP contribution in [0.2, 0.25) is 0 Å². The van der Waals surface area contributed by atoms with Crippen molar-refractivity contribution < 1.29 is 15.0 Å². The van der Waals surface area contributed by atoms with Crippen LogP contribution in [0.1, 0.15) is 104 Å². The number of amides is 1. The standard InChI is InChI=1S/C24H45NO3/c1-3-5-6-7-8-9-10-11-12-13-14-15-16-17-18-20-23(27)22(21-26)25-24(28)19-4-2/h14-15,18,20,22-23,26-27H,3-13,16-17,19,21H2,1-2H3,(H,25,28)/b15-14+,20-18+. The van der Waals surface area contributed by atoms with E-state index in [1.54, 1.807) is 6.08 Å². The Hall–Kier alpha value is -1.13. The summed E-state index contributed by atoms with van der Waals surface area (Å²) < 4.78 is 0. The van der Waals surface area contributed by atoms with Crippen molar-refractivity contribution in [1.82, 2.24) is 5.32 Å². The Morgan fingerprint density at radius 1 is 0.821 bits per heavy atom. The number of unbranched alkanes of at least 4 members (excludes halogenated alkanes) is 10. The molecule has 28 heavy (non-hydrogen) atoms. The minimum absolute atomic E-state index is 0.131. The van der Waals surface area contributed by atoms with Crippen molar-refractivity contribution in [1.29, 1.82) is 0 Å². The lowest BCUT2D eigenvalue weighted by atomic mass is 10.1. The molecule has 0 aliphatic rings. The number of aliphatic hydroxyl groups is 2. The molecule has 2 unspecified atom stereocenters. The number of nitrogens with one attached hydrogen (secondary N) is 1. The summed E-state index contributed by atoms with van der Waals surface area (Å²) in [5, 5.41) is 22.0. The average Bonchev–Trinajstić information content (AvgIpc) is 2.69. The van der Waals surface area contributed by atoms with Gasteiger partial charge in [0.05, 0.1) is 18.8 Å². The number of carbonyl (C=O) groups is 1. The Labute approximate surface area is 173 Å². The van der Waals surface area contributed by atoms with E-state index in [1.807, 2.05) is 13.0 Å². The molecular weight excluding hydrogens is 350 g/mol. The molecule has 2 atom stereocenters. The predicted molar refractivity (Wildman–Crippen MR) is 119 cm³/mol. The molecule has 0 bridgehead atoms. The molecule has 1 amide bonds. The summed E-state index contributed by atoms with van der Waals surface area (Å²) in [6.45, 7) is 3.92. The van der Waals surface area contributed by atoms with Crippen molar-refractivity contribution in [2.45, 2.75) is 116 Å². The van der Waals surface area contributed by atoms with Gasteiger partial charge in [-0.2, -0.15) is 0 Å². The van der Waals surface area contributed by atoms with Gasteiger partial charge in [-0.25, -0.2) is 0 Å². The summed E-state index contributed by atoms with van der Waals surface area (Å²) in [7, 11) is 0. The Morgan fingerprint density at radius 2 is 1.39 bits per heavy atom. The molecule has 0 aromatic carbocycles. The van der Waals surface area contributed by atoms with Gasteiger partial charge in [0.1, 0.15) is 0 Å². The van der Waals surface area contributed by atoms with Crippen molar-refractivity contribution in [2.24, 2.45) is 0 Å². The van der Waals surface area contributed by atoms with Crippen LogP contribution in [0.3, 0.4) is 0 Å². The van der Waals surface area contributed by atoms with Crippen LogP contribution >= 0.6 is 0 Å². The van der Waals surface area contributed by atoms with Crippen LogP contribution in [0.15, 0.2) is 24.3 Å². The van der Waals surface area contributed by atoms with Gasteiger partial charge in [-0.1, -0.05) is 89.5 Å². The van der Waals surface area contributed by atoms with Gasteiger partial charge in [-0.15, -0.1) is 0 Å². The van der Waals surface area contributed by atoms with E-state index in [2.05, 4.69) is 24.4 Å². The third-order valence-electron chi connectivity index (χ3n) is 4.91. The van der Waals surface area contributed by atoms with Gasteiger partial charge < -0.3 is 15.5 Å². The molecular formula is C24H45NO3. The molecule has 4 heteroatoms. The largest absolute Gasteiger partial charge is 0.394 e. The number of carbonyl (C=O) groups excluding carboxylic acids is 1. The highest BCUT2D eigenvalue weighted by molar-refractivity contribution is 5.76. The lowest BCUT2D eigenvalue weighted by Crippen LogP contribution is -2.45. The molecule has 0 aliphatic carbocycles. The topological polar surface area (TPSA) is 69.6 Å². The Balaban J connectivity index is 3.64. The van der Waals surface area contributed by atoms with E-state index in [9.17, 15) is 15.0 Å². The van der Waals surface area contributed by atoms with Gasteiger partial charge in [0, 0.05) is 6.42 Å². The normalized spacial score (nSPS) is 14.0. The number of hydrogen-bond donors (Lipinski definition) is 3. The molecule has 0 fully saturated rings. The summed E-state index contributed by atoms with van der Waals surface area (Å²) >= 11 is 0. The fourth-order valence-electron chi connectivity index (χ4n) is 3.12. The molecule has 0 aromatic rings. The highest BCUT2D eigenvalue weighted by atomic mass is 16.3. The number of hydrogen-bond acceptors (Lipinski definition) is 3. The molecule has 0 saturated carbocycles. The zero-order chi connectivity index (χ0) is 20.9. The lowest BCUT2D eigenvalue weighted by molar-refractivity contribution is -0.122. The van der Waals surface area contributed by atoms with Gasteiger partial charge in [-0.3, -0.25) is 4.79 Å². The Morgan fingerprint density at radius 3 is 2.00 bits per heavy atom. The zero-order valence-electron chi connectivity index (χ0n) is 18.4. The molecule has 164 valence electrons. The van der Waals surface area contributed by atoms with Crippen LogP contribution in [0.4, 0.5) is 0 Å². The first-order valence-corrected chi connectivity index (χ1v) is 11.6. The van der Waals surface area contributed by atoms with E-state index in [0.29, 0.717) is 6.42 Å². The van der Waals surface area contributed by atoms with E-state index in [-0.39, 0.29) is 12.5 Å². The van der Waals surface area contributed by atoms with Crippen molar-refractivity contribution in [3.05, 3.63) is 24.3 Å². The fraction of sp³-hybridized carbons (Fsp3) is 0.792. The summed E-state index contributed by atoms with van der Waals surface area (Å²) in [6.07, 6.45) is 23.6. The van der Waals surface area contributed by atoms with Crippen LogP contribution in [0.25, 0.3) is 0 Å². The van der Waals surface area contributed by atoms with Crippen molar-refractivity contribution in [3.8, 4) is 0 Å². The Kier molecular flexibility index (Phi) is 19.8. The number of allylic oxidation sites excluding steroid dienone is 3. The lowest BCUT2D eigenvalue weighted by Gasteiger charge is -2.19. The van der Waals surface area contributed by atoms with Gasteiger partial charge in [-0.05, 0) is 32.1 Å². The monoisotopic (exact) mass is 395 g/mol. The first-order chi connectivity index (χ1) is 13.7. The smallest absolute Gasteiger partial charge is 0.220 e. The van der Waals surface area contributed by atoms with Crippen LogP contribution < -0.4 is 5.32 Å². The molecule has 0 spiro atoms. The average molecular weight is 396 g/mol. The summed E-state index contributed by atoms with van der Waals surface area (Å²) in [5.41, 5.74) is 0. The molecule has 3 N–H and O–H groups in total. The SMILES string of the molecule is CCCCCCCCCCC/C=C/CC/C=C/C(O)C(CO)NC(=O)CCC. The van der Waals surface area contributed by atoms with Crippen LogP contribution in [0.5, 0.6) is 0 Å². The third-order valence-corrected chi connectivity index (χ3v) is 4.91. The number of rotatable bonds is 19. The molecule has 0 heterocycles. The van der Waals surface area contributed by atoms with Gasteiger partial charge in [0.15, 0.2) is 0 Å². The highest BCUT2D eigenvalue weighted by Crippen LogP contribution is 2.11. The van der Waals surface area contributed by atoms with E-state index in [0.717, 1.165) is 25.7 Å². The quantitative estimate of drug-likeness (QED) is 0.201. The van der Waals surface area contributed by atoms with Crippen LogP contribution in [-0.4, -0.2) is 34.9 Å². The first kappa shape index (κ1) is 26.9. The van der Waals surface area contributed by atoms with Crippen LogP contribution in [0, 0.1) is 0 Å². The molecule has 0 saturated heterocycles. The zero-order valence-corrected chi connectivity index (χ0v) is 18.4. The third kappa shape index (κ3) is 17.0. The molecule has 0 radical (unpaired) electrons. The van der Waals surface area contributed by atoms with Crippen molar-refractivity contribution >= 4 is 5.91 Å². The minimum Gasteiger partial charge on any atom is -0.394 e. The predicted octanol–water partition coefficient (Wildman–Crippen LogP) is 5.44. The summed E-state index contributed by atoms with van der Waals surface area (Å²) in [5.74, 6) is -0.131. The molecule has 0 aromatic heterocycles. The first-order valence-electron chi connectivity index (χ1n) is 11.6. The second kappa shape index (κ2) is 20.6. The minimum atomic E-state index is -0.850. The summed E-state index contributed by atoms with van der Waals surface area (Å²) in [4.78, 5) is 11.6. The van der Waals surface area contributed by atoms with E-state index >= 15 is 0 Å². The van der Waals surface area contributed by atoms with Crippen LogP contribution in [-0.2, 0) is 4.79 Å². The number of aliphatic hydroxyl groups excluding tert-OH is 2.